The van der Waals surface area contributed by atoms with E-state index in [1.165, 1.54) is 11.1 Å². The molecule has 0 aromatic heterocycles. The maximum atomic E-state index is 6.62. The number of hydrogen-bond donors (Lipinski definition) is 0. The van der Waals surface area contributed by atoms with Crippen molar-refractivity contribution in [1.29, 1.82) is 0 Å². The van der Waals surface area contributed by atoms with Gasteiger partial charge in [-0.1, -0.05) is 59.9 Å². The van der Waals surface area contributed by atoms with Gasteiger partial charge in [-0.05, 0) is 54.3 Å². The maximum Gasteiger partial charge on any atom is 0.0846 e. The lowest BCUT2D eigenvalue weighted by Gasteiger charge is -2.15. The summed E-state index contributed by atoms with van der Waals surface area (Å²) >= 11 is 17.3. The van der Waals surface area contributed by atoms with Crippen molar-refractivity contribution in [2.45, 2.75) is 19.2 Å². The third-order valence-electron chi connectivity index (χ3n) is 3.03. The van der Waals surface area contributed by atoms with E-state index in [0.717, 1.165) is 24.5 Å². The molecule has 0 fully saturated rings. The molecule has 0 amide bonds. The summed E-state index contributed by atoms with van der Waals surface area (Å²) < 4.78 is 3.21. The van der Waals surface area contributed by atoms with Crippen LogP contribution in [0.2, 0.25) is 0 Å². The summed E-state index contributed by atoms with van der Waals surface area (Å²) in [4.78, 5) is 0. The number of hydrogen-bond acceptors (Lipinski definition) is 0. The highest BCUT2D eigenvalue weighted by Crippen LogP contribution is 2.37. The molecule has 2 aromatic carbocycles. The molecule has 2 aromatic rings. The second-order valence-electron chi connectivity index (χ2n) is 4.49. The molecule has 0 spiro atoms. The summed E-state index contributed by atoms with van der Waals surface area (Å²) in [7, 11) is 0. The van der Waals surface area contributed by atoms with Crippen molar-refractivity contribution >= 4 is 59.4 Å². The zero-order valence-corrected chi connectivity index (χ0v) is 16.0. The summed E-state index contributed by atoms with van der Waals surface area (Å²) in [6.45, 7) is 4.13. The fourth-order valence-corrected chi connectivity index (χ4v) is 3.60. The van der Waals surface area contributed by atoms with Gasteiger partial charge in [-0.25, -0.2) is 0 Å². The van der Waals surface area contributed by atoms with Gasteiger partial charge in [-0.2, -0.15) is 0 Å². The van der Waals surface area contributed by atoms with Gasteiger partial charge in [-0.3, -0.25) is 0 Å². The Kier molecular flexibility index (Phi) is 5.15. The fourth-order valence-electron chi connectivity index (χ4n) is 1.86. The molecule has 1 atom stereocenters. The summed E-state index contributed by atoms with van der Waals surface area (Å²) in [5.74, 6) is 0. The highest BCUT2D eigenvalue weighted by atomic mass is 79.9. The Balaban J connectivity index is 2.46. The fraction of sp³-hybridized carbons (Fsp3) is 0.200. The Labute approximate surface area is 143 Å². The highest BCUT2D eigenvalue weighted by molar-refractivity contribution is 9.11. The van der Waals surface area contributed by atoms with Gasteiger partial charge in [-0.15, -0.1) is 11.6 Å². The molecule has 0 N–H and O–H groups in total. The van der Waals surface area contributed by atoms with Crippen LogP contribution in [0.3, 0.4) is 0 Å². The van der Waals surface area contributed by atoms with E-state index in [9.17, 15) is 0 Å². The Morgan fingerprint density at radius 2 is 1.47 bits per heavy atom. The molecule has 0 aliphatic heterocycles. The van der Waals surface area contributed by atoms with Gasteiger partial charge in [0, 0.05) is 13.4 Å². The van der Waals surface area contributed by atoms with E-state index >= 15 is 0 Å². The van der Waals surface area contributed by atoms with Crippen molar-refractivity contribution in [1.82, 2.24) is 0 Å². The first-order valence-corrected chi connectivity index (χ1v) is 8.57. The largest absolute Gasteiger partial charge is 0.113 e. The molecule has 0 bridgehead atoms. The van der Waals surface area contributed by atoms with Crippen molar-refractivity contribution in [2.75, 3.05) is 0 Å². The van der Waals surface area contributed by atoms with Crippen LogP contribution < -0.4 is 0 Å². The van der Waals surface area contributed by atoms with Gasteiger partial charge < -0.3 is 0 Å². The second-order valence-corrected chi connectivity index (χ2v) is 7.49. The molecule has 0 saturated carbocycles. The molecule has 0 nitrogen and oxygen atoms in total. The first-order valence-electron chi connectivity index (χ1n) is 5.76. The summed E-state index contributed by atoms with van der Waals surface area (Å²) in [5.41, 5.74) is 4.54. The van der Waals surface area contributed by atoms with Gasteiger partial charge in [0.2, 0.25) is 0 Å². The third-order valence-corrected chi connectivity index (χ3v) is 5.94. The van der Waals surface area contributed by atoms with Gasteiger partial charge in [0.15, 0.2) is 0 Å². The molecule has 100 valence electrons. The van der Waals surface area contributed by atoms with Crippen molar-refractivity contribution < 1.29 is 0 Å². The standard InChI is InChI=1S/C15H12Br3Cl/c1-8-5-10(3-4-12(8)16)15(19)11-7-13(17)9(2)6-14(11)18/h3-7,15H,1-2H3. The minimum atomic E-state index is -0.168. The second kappa shape index (κ2) is 6.30. The van der Waals surface area contributed by atoms with Crippen LogP contribution in [0.4, 0.5) is 0 Å². The summed E-state index contributed by atoms with van der Waals surface area (Å²) in [5, 5.41) is -0.168. The van der Waals surface area contributed by atoms with E-state index in [2.05, 4.69) is 85.9 Å². The van der Waals surface area contributed by atoms with E-state index in [4.69, 9.17) is 11.6 Å². The third kappa shape index (κ3) is 3.44. The molecule has 0 aliphatic carbocycles. The first-order chi connectivity index (χ1) is 8.90. The topological polar surface area (TPSA) is 0 Å². The average Bonchev–Trinajstić information content (AvgIpc) is 2.36. The van der Waals surface area contributed by atoms with Crippen LogP contribution >= 0.6 is 59.4 Å². The van der Waals surface area contributed by atoms with Crippen LogP contribution in [0.15, 0.2) is 43.7 Å². The van der Waals surface area contributed by atoms with Gasteiger partial charge >= 0.3 is 0 Å². The molecule has 19 heavy (non-hydrogen) atoms. The minimum absolute atomic E-state index is 0.168. The summed E-state index contributed by atoms with van der Waals surface area (Å²) in [6.07, 6.45) is 0. The normalized spacial score (nSPS) is 12.5. The van der Waals surface area contributed by atoms with E-state index in [0.29, 0.717) is 0 Å². The zero-order valence-electron chi connectivity index (χ0n) is 10.5. The lowest BCUT2D eigenvalue weighted by Crippen LogP contribution is -1.96. The zero-order chi connectivity index (χ0) is 14.2. The molecular formula is C15H12Br3Cl. The van der Waals surface area contributed by atoms with Crippen LogP contribution in [0.25, 0.3) is 0 Å². The van der Waals surface area contributed by atoms with Crippen molar-refractivity contribution in [3.63, 3.8) is 0 Å². The van der Waals surface area contributed by atoms with Gasteiger partial charge in [0.25, 0.3) is 0 Å². The molecule has 4 heteroatoms. The van der Waals surface area contributed by atoms with E-state index in [1.54, 1.807) is 0 Å². The maximum absolute atomic E-state index is 6.62. The number of rotatable bonds is 2. The molecular weight excluding hydrogens is 455 g/mol. The van der Waals surface area contributed by atoms with Gasteiger partial charge in [0.05, 0.1) is 5.38 Å². The highest BCUT2D eigenvalue weighted by Gasteiger charge is 2.16. The van der Waals surface area contributed by atoms with E-state index in [-0.39, 0.29) is 5.38 Å². The number of benzene rings is 2. The number of aryl methyl sites for hydroxylation is 2. The van der Waals surface area contributed by atoms with Crippen molar-refractivity contribution in [3.8, 4) is 0 Å². The molecule has 0 heterocycles. The SMILES string of the molecule is Cc1cc(C(Cl)c2cc(Br)c(C)cc2Br)ccc1Br. The number of alkyl halides is 1. The van der Waals surface area contributed by atoms with Crippen LogP contribution in [0, 0.1) is 13.8 Å². The molecule has 2 rings (SSSR count). The smallest absolute Gasteiger partial charge is 0.0846 e. The minimum Gasteiger partial charge on any atom is -0.113 e. The van der Waals surface area contributed by atoms with E-state index < -0.39 is 0 Å². The Morgan fingerprint density at radius 3 is 2.11 bits per heavy atom. The summed E-state index contributed by atoms with van der Waals surface area (Å²) in [6, 6.07) is 10.4. The van der Waals surface area contributed by atoms with Crippen LogP contribution in [0.5, 0.6) is 0 Å². The van der Waals surface area contributed by atoms with Crippen molar-refractivity contribution in [2.24, 2.45) is 0 Å². The molecule has 0 saturated heterocycles. The van der Waals surface area contributed by atoms with Gasteiger partial charge in [0.1, 0.15) is 0 Å². The predicted molar refractivity (Wildman–Crippen MR) is 93.2 cm³/mol. The van der Waals surface area contributed by atoms with Crippen molar-refractivity contribution in [3.05, 3.63) is 66.0 Å². The Hall–Kier alpha value is 0.170. The molecule has 1 unspecified atom stereocenters. The average molecular weight is 467 g/mol. The van der Waals surface area contributed by atoms with Crippen LogP contribution in [0.1, 0.15) is 27.6 Å². The first kappa shape index (κ1) is 15.6. The quantitative estimate of drug-likeness (QED) is 0.421. The lowest BCUT2D eigenvalue weighted by molar-refractivity contribution is 1.11. The molecule has 0 aliphatic rings. The Morgan fingerprint density at radius 1 is 0.842 bits per heavy atom. The predicted octanol–water partition coefficient (Wildman–Crippen LogP) is 6.92. The van der Waals surface area contributed by atoms with Crippen LogP contribution in [-0.4, -0.2) is 0 Å². The lowest BCUT2D eigenvalue weighted by atomic mass is 10.0. The molecule has 0 radical (unpaired) electrons. The van der Waals surface area contributed by atoms with E-state index in [1.807, 2.05) is 6.07 Å². The Bertz CT molecular complexity index is 623. The number of halogens is 4. The van der Waals surface area contributed by atoms with Crippen LogP contribution in [-0.2, 0) is 0 Å². The monoisotopic (exact) mass is 464 g/mol.